The average molecular weight is 340 g/mol. The number of nitro groups is 1. The molecule has 3 rings (SSSR count). The molecule has 0 radical (unpaired) electrons. The van der Waals surface area contributed by atoms with E-state index < -0.39 is 0 Å². The molecule has 130 valence electrons. The third-order valence-electron chi connectivity index (χ3n) is 3.96. The number of aromatic nitrogens is 4. The highest BCUT2D eigenvalue weighted by Crippen LogP contribution is 2.28. The molecule has 0 amide bonds. The van der Waals surface area contributed by atoms with Crippen molar-refractivity contribution in [3.63, 3.8) is 0 Å². The summed E-state index contributed by atoms with van der Waals surface area (Å²) in [4.78, 5) is 11.0. The van der Waals surface area contributed by atoms with Gasteiger partial charge in [0.1, 0.15) is 5.69 Å². The van der Waals surface area contributed by atoms with Gasteiger partial charge in [-0.15, -0.1) is 0 Å². The zero-order valence-corrected chi connectivity index (χ0v) is 14.2. The predicted octanol–water partition coefficient (Wildman–Crippen LogP) is 2.75. The molecule has 0 spiro atoms. The van der Waals surface area contributed by atoms with Gasteiger partial charge in [0.25, 0.3) is 0 Å². The first kappa shape index (κ1) is 16.7. The Morgan fingerprint density at radius 3 is 2.76 bits per heavy atom. The standard InChI is InChI=1S/C17H20N6O2/c1-3-15-16(23(24)25)17(21(2)20-15)18-11-13-6-4-7-14(10-13)12-22-9-5-8-19-22/h4-10,18H,3,11-12H2,1-2H3. The predicted molar refractivity (Wildman–Crippen MR) is 94.3 cm³/mol. The summed E-state index contributed by atoms with van der Waals surface area (Å²) >= 11 is 0. The fourth-order valence-electron chi connectivity index (χ4n) is 2.80. The van der Waals surface area contributed by atoms with Crippen LogP contribution in [0.2, 0.25) is 0 Å². The molecule has 0 saturated carbocycles. The summed E-state index contributed by atoms with van der Waals surface area (Å²) < 4.78 is 3.39. The number of rotatable bonds is 7. The van der Waals surface area contributed by atoms with Crippen LogP contribution in [0, 0.1) is 10.1 Å². The van der Waals surface area contributed by atoms with Crippen molar-refractivity contribution < 1.29 is 4.92 Å². The van der Waals surface area contributed by atoms with Crippen molar-refractivity contribution >= 4 is 11.5 Å². The van der Waals surface area contributed by atoms with E-state index in [0.717, 1.165) is 11.1 Å². The van der Waals surface area contributed by atoms with E-state index in [0.29, 0.717) is 31.0 Å². The van der Waals surface area contributed by atoms with Gasteiger partial charge >= 0.3 is 5.69 Å². The summed E-state index contributed by atoms with van der Waals surface area (Å²) in [6, 6.07) is 9.95. The molecule has 2 aromatic heterocycles. The van der Waals surface area contributed by atoms with Crippen LogP contribution >= 0.6 is 0 Å². The highest BCUT2D eigenvalue weighted by atomic mass is 16.6. The number of benzene rings is 1. The largest absolute Gasteiger partial charge is 0.360 e. The summed E-state index contributed by atoms with van der Waals surface area (Å²) in [5.74, 6) is 0.430. The van der Waals surface area contributed by atoms with Gasteiger partial charge in [-0.2, -0.15) is 10.2 Å². The number of nitrogens with one attached hydrogen (secondary N) is 1. The van der Waals surface area contributed by atoms with E-state index in [1.54, 1.807) is 13.2 Å². The summed E-state index contributed by atoms with van der Waals surface area (Å²) in [5.41, 5.74) is 2.70. The molecule has 0 aliphatic rings. The minimum Gasteiger partial charge on any atom is -0.360 e. The van der Waals surface area contributed by atoms with Gasteiger partial charge in [-0.3, -0.25) is 14.8 Å². The molecule has 8 heteroatoms. The smallest absolute Gasteiger partial charge is 0.333 e. The fraction of sp³-hybridized carbons (Fsp3) is 0.294. The Labute approximate surface area is 145 Å². The fourth-order valence-corrected chi connectivity index (χ4v) is 2.80. The first-order valence-corrected chi connectivity index (χ1v) is 8.08. The number of nitrogens with zero attached hydrogens (tertiary/aromatic N) is 5. The van der Waals surface area contributed by atoms with E-state index in [9.17, 15) is 10.1 Å². The van der Waals surface area contributed by atoms with Gasteiger partial charge in [0, 0.05) is 26.0 Å². The van der Waals surface area contributed by atoms with Gasteiger partial charge in [-0.05, 0) is 23.6 Å². The van der Waals surface area contributed by atoms with E-state index in [4.69, 9.17) is 0 Å². The molecule has 0 bridgehead atoms. The molecule has 0 atom stereocenters. The second kappa shape index (κ2) is 7.16. The van der Waals surface area contributed by atoms with E-state index in [1.807, 2.05) is 42.1 Å². The maximum absolute atomic E-state index is 11.4. The zero-order valence-electron chi connectivity index (χ0n) is 14.2. The van der Waals surface area contributed by atoms with Gasteiger partial charge in [-0.1, -0.05) is 31.2 Å². The van der Waals surface area contributed by atoms with Gasteiger partial charge in [0.2, 0.25) is 5.82 Å². The second-order valence-electron chi connectivity index (χ2n) is 5.76. The molecule has 1 aromatic carbocycles. The summed E-state index contributed by atoms with van der Waals surface area (Å²) in [6.45, 7) is 3.03. The minimum absolute atomic E-state index is 0.0534. The lowest BCUT2D eigenvalue weighted by atomic mass is 10.1. The lowest BCUT2D eigenvalue weighted by Gasteiger charge is -2.08. The third-order valence-corrected chi connectivity index (χ3v) is 3.96. The van der Waals surface area contributed by atoms with Crippen molar-refractivity contribution in [2.45, 2.75) is 26.4 Å². The van der Waals surface area contributed by atoms with E-state index in [1.165, 1.54) is 4.68 Å². The van der Waals surface area contributed by atoms with E-state index in [-0.39, 0.29) is 10.6 Å². The van der Waals surface area contributed by atoms with Crippen LogP contribution in [0.15, 0.2) is 42.7 Å². The Balaban J connectivity index is 1.76. The summed E-state index contributed by atoms with van der Waals surface area (Å²) in [6.07, 6.45) is 4.18. The molecule has 3 aromatic rings. The second-order valence-corrected chi connectivity index (χ2v) is 5.76. The normalized spacial score (nSPS) is 10.8. The van der Waals surface area contributed by atoms with Gasteiger partial charge in [0.15, 0.2) is 0 Å². The monoisotopic (exact) mass is 340 g/mol. The first-order chi connectivity index (χ1) is 12.1. The van der Waals surface area contributed by atoms with Crippen molar-refractivity contribution in [3.8, 4) is 0 Å². The molecule has 0 unspecified atom stereocenters. The third kappa shape index (κ3) is 3.68. The van der Waals surface area contributed by atoms with Crippen LogP contribution in [-0.4, -0.2) is 24.5 Å². The molecule has 0 aliphatic heterocycles. The highest BCUT2D eigenvalue weighted by Gasteiger charge is 2.25. The Hall–Kier alpha value is -3.16. The van der Waals surface area contributed by atoms with Crippen LogP contribution in [0.4, 0.5) is 11.5 Å². The maximum Gasteiger partial charge on any atom is 0.333 e. The van der Waals surface area contributed by atoms with Crippen molar-refractivity contribution in [1.82, 2.24) is 19.6 Å². The highest BCUT2D eigenvalue weighted by molar-refractivity contribution is 5.60. The first-order valence-electron chi connectivity index (χ1n) is 8.08. The van der Waals surface area contributed by atoms with Crippen LogP contribution in [0.3, 0.4) is 0 Å². The number of hydrogen-bond acceptors (Lipinski definition) is 5. The average Bonchev–Trinajstić information content (AvgIpc) is 3.20. The van der Waals surface area contributed by atoms with Crippen LogP contribution in [-0.2, 0) is 26.6 Å². The Bertz CT molecular complexity index is 869. The molecule has 8 nitrogen and oxygen atoms in total. The van der Waals surface area contributed by atoms with Crippen LogP contribution in [0.25, 0.3) is 0 Å². The van der Waals surface area contributed by atoms with Gasteiger partial charge in [0.05, 0.1) is 11.5 Å². The Morgan fingerprint density at radius 1 is 1.28 bits per heavy atom. The molecule has 25 heavy (non-hydrogen) atoms. The lowest BCUT2D eigenvalue weighted by molar-refractivity contribution is -0.384. The quantitative estimate of drug-likeness (QED) is 0.527. The Kier molecular flexibility index (Phi) is 4.78. The maximum atomic E-state index is 11.4. The van der Waals surface area contributed by atoms with Crippen molar-refractivity contribution in [2.24, 2.45) is 7.05 Å². The number of aryl methyl sites for hydroxylation is 2. The molecule has 1 N–H and O–H groups in total. The van der Waals surface area contributed by atoms with E-state index >= 15 is 0 Å². The van der Waals surface area contributed by atoms with Crippen LogP contribution in [0.1, 0.15) is 23.7 Å². The van der Waals surface area contributed by atoms with Crippen LogP contribution < -0.4 is 5.32 Å². The van der Waals surface area contributed by atoms with Crippen molar-refractivity contribution in [1.29, 1.82) is 0 Å². The van der Waals surface area contributed by atoms with Gasteiger partial charge < -0.3 is 5.32 Å². The summed E-state index contributed by atoms with van der Waals surface area (Å²) in [5, 5.41) is 23.0. The number of hydrogen-bond donors (Lipinski definition) is 1. The molecule has 0 saturated heterocycles. The molecular formula is C17H20N6O2. The summed E-state index contributed by atoms with van der Waals surface area (Å²) in [7, 11) is 1.71. The van der Waals surface area contributed by atoms with Crippen LogP contribution in [0.5, 0.6) is 0 Å². The topological polar surface area (TPSA) is 90.8 Å². The SMILES string of the molecule is CCc1nn(C)c(NCc2cccc(Cn3cccn3)c2)c1[N+](=O)[O-]. The van der Waals surface area contributed by atoms with Crippen molar-refractivity contribution in [2.75, 3.05) is 5.32 Å². The Morgan fingerprint density at radius 2 is 2.08 bits per heavy atom. The molecule has 2 heterocycles. The minimum atomic E-state index is -0.373. The zero-order chi connectivity index (χ0) is 17.8. The molecule has 0 aliphatic carbocycles. The number of anilines is 1. The molecular weight excluding hydrogens is 320 g/mol. The lowest BCUT2D eigenvalue weighted by Crippen LogP contribution is -2.07. The van der Waals surface area contributed by atoms with Crippen molar-refractivity contribution in [3.05, 3.63) is 69.7 Å². The molecule has 0 fully saturated rings. The van der Waals surface area contributed by atoms with Gasteiger partial charge in [-0.25, -0.2) is 4.68 Å². The van der Waals surface area contributed by atoms with E-state index in [2.05, 4.69) is 21.6 Å².